The first-order valence-electron chi connectivity index (χ1n) is 17.2. The first kappa shape index (κ1) is 31.2. The number of fused-ring (bicyclic) bond motifs is 4. The molecule has 1 aliphatic carbocycles. The smallest absolute Gasteiger partial charge is 0.319 e. The molecular formula is C37H40F2N6O3. The first-order valence-corrected chi connectivity index (χ1v) is 17.2. The number of anilines is 1. The summed E-state index contributed by atoms with van der Waals surface area (Å²) in [4.78, 5) is 14.2. The van der Waals surface area contributed by atoms with E-state index >= 15 is 8.78 Å². The third-order valence-electron chi connectivity index (χ3n) is 10.6. The Bertz CT molecular complexity index is 1920. The summed E-state index contributed by atoms with van der Waals surface area (Å²) in [6, 6.07) is 10.4. The second-order valence-electron chi connectivity index (χ2n) is 14.0. The summed E-state index contributed by atoms with van der Waals surface area (Å²) in [5.41, 5.74) is 0.707. The highest BCUT2D eigenvalue weighted by atomic mass is 19.1. The molecule has 4 heterocycles. The first-order chi connectivity index (χ1) is 23.3. The van der Waals surface area contributed by atoms with Crippen molar-refractivity contribution in [3.63, 3.8) is 0 Å². The predicted octanol–water partition coefficient (Wildman–Crippen LogP) is 5.69. The molecule has 4 aliphatic rings. The van der Waals surface area contributed by atoms with Gasteiger partial charge in [0.2, 0.25) is 0 Å². The van der Waals surface area contributed by atoms with Crippen LogP contribution in [0.3, 0.4) is 0 Å². The number of phenols is 1. The number of rotatable bonds is 8. The SMILES string of the molecule is CCc1c(F)ccc2cc(O)cc(-c3c(C#N)cc4c(N5CC6CCC(C5)N6)nc(OCC5(CN6CCCOCC6)CC5)nc4c3F)c12. The topological polar surface area (TPSA) is 107 Å². The largest absolute Gasteiger partial charge is 0.508 e. The number of phenolic OH excluding ortho intramolecular Hbond substituents is 1. The summed E-state index contributed by atoms with van der Waals surface area (Å²) in [6.07, 6.45) is 5.54. The lowest BCUT2D eigenvalue weighted by atomic mass is 9.89. The number of nitriles is 1. The molecule has 3 aromatic carbocycles. The molecule has 3 aliphatic heterocycles. The van der Waals surface area contributed by atoms with Crippen LogP contribution < -0.4 is 15.0 Å². The highest BCUT2D eigenvalue weighted by Gasteiger charge is 2.45. The Morgan fingerprint density at radius 3 is 2.67 bits per heavy atom. The number of hydrogen-bond acceptors (Lipinski definition) is 9. The fourth-order valence-corrected chi connectivity index (χ4v) is 8.03. The van der Waals surface area contributed by atoms with E-state index in [1.807, 2.05) is 6.92 Å². The Kier molecular flexibility index (Phi) is 8.06. The molecule has 1 aromatic heterocycles. The Labute approximate surface area is 278 Å². The van der Waals surface area contributed by atoms with Gasteiger partial charge in [0.15, 0.2) is 5.82 Å². The number of nitrogens with one attached hydrogen (secondary N) is 1. The zero-order chi connectivity index (χ0) is 33.0. The van der Waals surface area contributed by atoms with Crippen LogP contribution in [0.5, 0.6) is 11.8 Å². The zero-order valence-corrected chi connectivity index (χ0v) is 27.2. The van der Waals surface area contributed by atoms with Crippen LogP contribution in [0.15, 0.2) is 30.3 Å². The highest BCUT2D eigenvalue weighted by Crippen LogP contribution is 2.47. The maximum atomic E-state index is 17.2. The van der Waals surface area contributed by atoms with Crippen LogP contribution in [-0.4, -0.2) is 84.6 Å². The van der Waals surface area contributed by atoms with Gasteiger partial charge < -0.3 is 29.7 Å². The van der Waals surface area contributed by atoms with E-state index in [0.717, 1.165) is 65.0 Å². The summed E-state index contributed by atoms with van der Waals surface area (Å²) < 4.78 is 44.3. The van der Waals surface area contributed by atoms with E-state index in [2.05, 4.69) is 26.2 Å². The number of hydrogen-bond donors (Lipinski definition) is 2. The molecule has 2 unspecified atom stereocenters. The molecule has 48 heavy (non-hydrogen) atoms. The minimum Gasteiger partial charge on any atom is -0.508 e. The summed E-state index contributed by atoms with van der Waals surface area (Å²) in [6.45, 7) is 7.96. The van der Waals surface area contributed by atoms with Crippen LogP contribution in [0, 0.1) is 28.4 Å². The summed E-state index contributed by atoms with van der Waals surface area (Å²) in [7, 11) is 0. The van der Waals surface area contributed by atoms with Gasteiger partial charge in [0, 0.05) is 67.8 Å². The van der Waals surface area contributed by atoms with Crippen LogP contribution in [0.2, 0.25) is 0 Å². The van der Waals surface area contributed by atoms with Crippen LogP contribution in [0.4, 0.5) is 14.6 Å². The van der Waals surface area contributed by atoms with E-state index in [9.17, 15) is 10.4 Å². The van der Waals surface area contributed by atoms with Crippen LogP contribution >= 0.6 is 0 Å². The lowest BCUT2D eigenvalue weighted by Crippen LogP contribution is -2.51. The van der Waals surface area contributed by atoms with E-state index in [1.165, 1.54) is 18.2 Å². The van der Waals surface area contributed by atoms with Crippen LogP contribution in [0.25, 0.3) is 32.8 Å². The van der Waals surface area contributed by atoms with Gasteiger partial charge in [-0.2, -0.15) is 15.2 Å². The van der Waals surface area contributed by atoms with Crippen molar-refractivity contribution in [2.24, 2.45) is 5.41 Å². The molecule has 0 spiro atoms. The summed E-state index contributed by atoms with van der Waals surface area (Å²) in [5, 5.41) is 26.2. The van der Waals surface area contributed by atoms with Gasteiger partial charge in [0.25, 0.3) is 0 Å². The normalized spacial score (nSPS) is 22.2. The van der Waals surface area contributed by atoms with Crippen molar-refractivity contribution >= 4 is 27.5 Å². The molecule has 2 bridgehead atoms. The summed E-state index contributed by atoms with van der Waals surface area (Å²) in [5.74, 6) is -0.707. The molecule has 2 atom stereocenters. The molecule has 11 heteroatoms. The third kappa shape index (κ3) is 5.70. The van der Waals surface area contributed by atoms with Crippen molar-refractivity contribution in [2.75, 3.05) is 57.4 Å². The number of benzene rings is 3. The standard InChI is InChI=1S/C37H40F2N6O3/c1-2-27-30(38)7-4-22-14-26(46)16-28(31(22)27)32-23(17-40)15-29-34(33(32)39)42-36(43-35(29)45-18-24-5-6-25(19-45)41-24)48-21-37(8-9-37)20-44-10-3-12-47-13-11-44/h4,7,14-16,24-25,41,46H,2-3,5-6,8-13,18-21H2,1H3. The van der Waals surface area contributed by atoms with Crippen LogP contribution in [0.1, 0.15) is 50.2 Å². The number of aryl methyl sites for hydroxylation is 1. The molecular weight excluding hydrogens is 614 g/mol. The van der Waals surface area contributed by atoms with Gasteiger partial charge in [-0.15, -0.1) is 0 Å². The maximum absolute atomic E-state index is 17.2. The van der Waals surface area contributed by atoms with Gasteiger partial charge in [0.1, 0.15) is 22.9 Å². The van der Waals surface area contributed by atoms with Gasteiger partial charge in [-0.1, -0.05) is 13.0 Å². The van der Waals surface area contributed by atoms with Crippen molar-refractivity contribution in [3.05, 3.63) is 53.1 Å². The molecule has 250 valence electrons. The van der Waals surface area contributed by atoms with Crippen molar-refractivity contribution in [3.8, 4) is 29.0 Å². The van der Waals surface area contributed by atoms with E-state index in [0.29, 0.717) is 65.7 Å². The number of halogens is 2. The molecule has 4 aromatic rings. The third-order valence-corrected chi connectivity index (χ3v) is 10.6. The highest BCUT2D eigenvalue weighted by molar-refractivity contribution is 6.04. The van der Waals surface area contributed by atoms with Crippen LogP contribution in [-0.2, 0) is 11.2 Å². The number of ether oxygens (including phenoxy) is 2. The van der Waals surface area contributed by atoms with Gasteiger partial charge in [-0.05, 0) is 84.7 Å². The average molecular weight is 655 g/mol. The average Bonchev–Trinajstić information content (AvgIpc) is 3.84. The quantitative estimate of drug-likeness (QED) is 0.248. The second kappa shape index (κ2) is 12.4. The number of piperazine rings is 1. The molecule has 2 N–H and O–H groups in total. The van der Waals surface area contributed by atoms with Gasteiger partial charge >= 0.3 is 6.01 Å². The van der Waals surface area contributed by atoms with Crippen molar-refractivity contribution in [1.82, 2.24) is 20.2 Å². The minimum absolute atomic E-state index is 0.00749. The van der Waals surface area contributed by atoms with E-state index in [4.69, 9.17) is 14.5 Å². The van der Waals surface area contributed by atoms with Gasteiger partial charge in [-0.3, -0.25) is 0 Å². The predicted molar refractivity (Wildman–Crippen MR) is 179 cm³/mol. The lowest BCUT2D eigenvalue weighted by molar-refractivity contribution is 0.127. The Balaban J connectivity index is 1.25. The molecule has 4 fully saturated rings. The Morgan fingerprint density at radius 2 is 1.92 bits per heavy atom. The van der Waals surface area contributed by atoms with E-state index < -0.39 is 11.6 Å². The van der Waals surface area contributed by atoms with Crippen molar-refractivity contribution < 1.29 is 23.4 Å². The Morgan fingerprint density at radius 1 is 1.10 bits per heavy atom. The number of aromatic nitrogens is 2. The number of aromatic hydroxyl groups is 1. The van der Waals surface area contributed by atoms with E-state index in [1.54, 1.807) is 12.1 Å². The fourth-order valence-electron chi connectivity index (χ4n) is 8.03. The van der Waals surface area contributed by atoms with E-state index in [-0.39, 0.29) is 39.4 Å². The molecule has 3 saturated heterocycles. The number of nitrogens with zero attached hydrogens (tertiary/aromatic N) is 5. The van der Waals surface area contributed by atoms with Crippen molar-refractivity contribution in [2.45, 2.75) is 57.5 Å². The molecule has 0 amide bonds. The molecule has 0 radical (unpaired) electrons. The Hall–Kier alpha value is -4.11. The summed E-state index contributed by atoms with van der Waals surface area (Å²) >= 11 is 0. The second-order valence-corrected chi connectivity index (χ2v) is 14.0. The lowest BCUT2D eigenvalue weighted by Gasteiger charge is -2.34. The fraction of sp³-hybridized carbons (Fsp3) is 0.486. The zero-order valence-electron chi connectivity index (χ0n) is 27.2. The molecule has 9 nitrogen and oxygen atoms in total. The minimum atomic E-state index is -0.723. The van der Waals surface area contributed by atoms with Crippen molar-refractivity contribution in [1.29, 1.82) is 5.26 Å². The van der Waals surface area contributed by atoms with Gasteiger partial charge in [-0.25, -0.2) is 8.78 Å². The monoisotopic (exact) mass is 654 g/mol. The molecule has 8 rings (SSSR count). The molecule has 1 saturated carbocycles. The van der Waals surface area contributed by atoms with Gasteiger partial charge in [0.05, 0.1) is 24.8 Å². The maximum Gasteiger partial charge on any atom is 0.319 e.